The molecule has 1 N–H and O–H groups in total. The van der Waals surface area contributed by atoms with Crippen molar-refractivity contribution >= 4 is 0 Å². The van der Waals surface area contributed by atoms with E-state index in [0.717, 1.165) is 31.6 Å². The second-order valence-electron chi connectivity index (χ2n) is 4.53. The van der Waals surface area contributed by atoms with E-state index < -0.39 is 6.10 Å². The fourth-order valence-electron chi connectivity index (χ4n) is 2.04. The molecule has 0 radical (unpaired) electrons. The maximum absolute atomic E-state index is 10.1. The van der Waals surface area contributed by atoms with Gasteiger partial charge < -0.3 is 14.6 Å². The molecule has 1 fully saturated rings. The second-order valence-corrected chi connectivity index (χ2v) is 4.53. The highest BCUT2D eigenvalue weighted by molar-refractivity contribution is 5.23. The Balaban J connectivity index is 1.82. The predicted octanol–water partition coefficient (Wildman–Crippen LogP) is 2.57. The van der Waals surface area contributed by atoms with E-state index in [2.05, 4.69) is 0 Å². The summed E-state index contributed by atoms with van der Waals surface area (Å²) in [5.41, 5.74) is 2.15. The monoisotopic (exact) mass is 236 g/mol. The zero-order valence-corrected chi connectivity index (χ0v) is 10.3. The van der Waals surface area contributed by atoms with E-state index in [1.54, 1.807) is 0 Å². The highest BCUT2D eigenvalue weighted by atomic mass is 16.7. The van der Waals surface area contributed by atoms with E-state index in [-0.39, 0.29) is 6.29 Å². The highest BCUT2D eigenvalue weighted by Crippen LogP contribution is 2.22. The fraction of sp³-hybridized carbons (Fsp3) is 0.571. The summed E-state index contributed by atoms with van der Waals surface area (Å²) in [6.07, 6.45) is 1.83. The first-order valence-corrected chi connectivity index (χ1v) is 6.23. The van der Waals surface area contributed by atoms with Crippen molar-refractivity contribution < 1.29 is 14.6 Å². The number of aliphatic hydroxyl groups is 1. The van der Waals surface area contributed by atoms with Gasteiger partial charge in [0, 0.05) is 6.42 Å². The van der Waals surface area contributed by atoms with Gasteiger partial charge in [-0.2, -0.15) is 0 Å². The third-order valence-electron chi connectivity index (χ3n) is 3.00. The van der Waals surface area contributed by atoms with Gasteiger partial charge in [-0.25, -0.2) is 0 Å². The van der Waals surface area contributed by atoms with E-state index >= 15 is 0 Å². The van der Waals surface area contributed by atoms with E-state index in [1.807, 2.05) is 31.2 Å². The van der Waals surface area contributed by atoms with Crippen LogP contribution >= 0.6 is 0 Å². The first-order chi connectivity index (χ1) is 8.25. The molecule has 1 saturated heterocycles. The van der Waals surface area contributed by atoms with Crippen LogP contribution in [0.1, 0.15) is 36.5 Å². The maximum Gasteiger partial charge on any atom is 0.157 e. The quantitative estimate of drug-likeness (QED) is 0.873. The number of hydrogen-bond acceptors (Lipinski definition) is 3. The molecule has 2 rings (SSSR count). The molecular formula is C14H20O3. The smallest absolute Gasteiger partial charge is 0.157 e. The zero-order valence-electron chi connectivity index (χ0n) is 10.3. The summed E-state index contributed by atoms with van der Waals surface area (Å²) in [5, 5.41) is 10.1. The molecule has 3 nitrogen and oxygen atoms in total. The van der Waals surface area contributed by atoms with Crippen LogP contribution in [0, 0.1) is 6.92 Å². The van der Waals surface area contributed by atoms with Crippen LogP contribution in [0.15, 0.2) is 24.3 Å². The number of rotatable bonds is 4. The Labute approximate surface area is 102 Å². The van der Waals surface area contributed by atoms with Crippen LogP contribution in [0.5, 0.6) is 0 Å². The largest absolute Gasteiger partial charge is 0.388 e. The van der Waals surface area contributed by atoms with Gasteiger partial charge in [-0.3, -0.25) is 0 Å². The summed E-state index contributed by atoms with van der Waals surface area (Å²) >= 11 is 0. The highest BCUT2D eigenvalue weighted by Gasteiger charge is 2.16. The SMILES string of the molecule is Cc1cccc([C@@H](O)CCC2OCCCO2)c1. The van der Waals surface area contributed by atoms with E-state index in [4.69, 9.17) is 9.47 Å². The van der Waals surface area contributed by atoms with Gasteiger partial charge in [-0.05, 0) is 25.3 Å². The Bertz CT molecular complexity index is 345. The summed E-state index contributed by atoms with van der Waals surface area (Å²) in [5.74, 6) is 0. The molecule has 0 aromatic heterocycles. The standard InChI is InChI=1S/C14H20O3/c1-11-4-2-5-12(10-11)13(15)6-7-14-16-8-3-9-17-14/h2,4-5,10,13-15H,3,6-9H2,1H3/t13-/m0/s1. The van der Waals surface area contributed by atoms with Crippen LogP contribution in [0.4, 0.5) is 0 Å². The van der Waals surface area contributed by atoms with Gasteiger partial charge in [-0.15, -0.1) is 0 Å². The van der Waals surface area contributed by atoms with Gasteiger partial charge in [-0.1, -0.05) is 29.8 Å². The Hall–Kier alpha value is -0.900. The topological polar surface area (TPSA) is 38.7 Å². The van der Waals surface area contributed by atoms with Gasteiger partial charge in [0.25, 0.3) is 0 Å². The molecule has 0 saturated carbocycles. The van der Waals surface area contributed by atoms with Gasteiger partial charge in [0.2, 0.25) is 0 Å². The van der Waals surface area contributed by atoms with Crippen molar-refractivity contribution in [3.05, 3.63) is 35.4 Å². The lowest BCUT2D eigenvalue weighted by Crippen LogP contribution is -2.25. The summed E-state index contributed by atoms with van der Waals surface area (Å²) in [7, 11) is 0. The average Bonchev–Trinajstić information content (AvgIpc) is 2.37. The third kappa shape index (κ3) is 3.80. The van der Waals surface area contributed by atoms with Crippen molar-refractivity contribution in [2.75, 3.05) is 13.2 Å². The van der Waals surface area contributed by atoms with Crippen LogP contribution in [0.25, 0.3) is 0 Å². The van der Waals surface area contributed by atoms with Crippen LogP contribution in [-0.2, 0) is 9.47 Å². The lowest BCUT2D eigenvalue weighted by molar-refractivity contribution is -0.183. The summed E-state index contributed by atoms with van der Waals surface area (Å²) in [4.78, 5) is 0. The van der Waals surface area contributed by atoms with E-state index in [0.29, 0.717) is 6.42 Å². The molecule has 1 aromatic rings. The number of benzene rings is 1. The zero-order chi connectivity index (χ0) is 12.1. The number of aliphatic hydroxyl groups excluding tert-OH is 1. The molecule has 17 heavy (non-hydrogen) atoms. The first kappa shape index (κ1) is 12.6. The van der Waals surface area contributed by atoms with Gasteiger partial charge in [0.1, 0.15) is 0 Å². The summed E-state index contributed by atoms with van der Waals surface area (Å²) in [6.45, 7) is 3.57. The molecule has 94 valence electrons. The van der Waals surface area contributed by atoms with Crippen molar-refractivity contribution in [3.8, 4) is 0 Å². The number of ether oxygens (including phenoxy) is 2. The lowest BCUT2D eigenvalue weighted by atomic mass is 10.0. The maximum atomic E-state index is 10.1. The van der Waals surface area contributed by atoms with Crippen molar-refractivity contribution in [1.82, 2.24) is 0 Å². The Morgan fingerprint density at radius 2 is 2.12 bits per heavy atom. The molecule has 0 amide bonds. The summed E-state index contributed by atoms with van der Waals surface area (Å²) in [6, 6.07) is 7.98. The van der Waals surface area contributed by atoms with Crippen LogP contribution < -0.4 is 0 Å². The summed E-state index contributed by atoms with van der Waals surface area (Å²) < 4.78 is 10.9. The van der Waals surface area contributed by atoms with Gasteiger partial charge in [0.15, 0.2) is 6.29 Å². The molecule has 0 unspecified atom stereocenters. The number of aryl methyl sites for hydroxylation is 1. The Morgan fingerprint density at radius 1 is 1.35 bits per heavy atom. The van der Waals surface area contributed by atoms with Crippen molar-refractivity contribution in [3.63, 3.8) is 0 Å². The minimum atomic E-state index is -0.427. The van der Waals surface area contributed by atoms with E-state index in [1.165, 1.54) is 5.56 Å². The molecule has 1 aliphatic rings. The molecule has 1 aliphatic heterocycles. The average molecular weight is 236 g/mol. The van der Waals surface area contributed by atoms with Crippen molar-refractivity contribution in [2.24, 2.45) is 0 Å². The molecular weight excluding hydrogens is 216 g/mol. The third-order valence-corrected chi connectivity index (χ3v) is 3.00. The normalized spacial score (nSPS) is 19.2. The first-order valence-electron chi connectivity index (χ1n) is 6.23. The number of hydrogen-bond donors (Lipinski definition) is 1. The molecule has 1 atom stereocenters. The van der Waals surface area contributed by atoms with Crippen LogP contribution in [0.3, 0.4) is 0 Å². The van der Waals surface area contributed by atoms with Crippen molar-refractivity contribution in [1.29, 1.82) is 0 Å². The molecule has 1 aromatic carbocycles. The minimum absolute atomic E-state index is 0.136. The fourth-order valence-corrected chi connectivity index (χ4v) is 2.04. The molecule has 0 bridgehead atoms. The molecule has 3 heteroatoms. The van der Waals surface area contributed by atoms with E-state index in [9.17, 15) is 5.11 Å². The molecule has 1 heterocycles. The van der Waals surface area contributed by atoms with Gasteiger partial charge in [0.05, 0.1) is 19.3 Å². The van der Waals surface area contributed by atoms with Gasteiger partial charge >= 0.3 is 0 Å². The Kier molecular flexibility index (Phi) is 4.54. The Morgan fingerprint density at radius 3 is 2.82 bits per heavy atom. The second kappa shape index (κ2) is 6.15. The minimum Gasteiger partial charge on any atom is -0.388 e. The predicted molar refractivity (Wildman–Crippen MR) is 65.7 cm³/mol. The van der Waals surface area contributed by atoms with Crippen LogP contribution in [-0.4, -0.2) is 24.6 Å². The lowest BCUT2D eigenvalue weighted by Gasteiger charge is -2.24. The van der Waals surface area contributed by atoms with Crippen LogP contribution in [0.2, 0.25) is 0 Å². The molecule has 0 aliphatic carbocycles. The molecule has 0 spiro atoms. The van der Waals surface area contributed by atoms with Crippen molar-refractivity contribution in [2.45, 2.75) is 38.6 Å².